The minimum Gasteiger partial charge on any atom is -0.374 e. The van der Waals surface area contributed by atoms with E-state index in [0.717, 1.165) is 11.3 Å². The molecule has 1 heterocycles. The Hall–Kier alpha value is -2.71. The fourth-order valence-corrected chi connectivity index (χ4v) is 3.83. The van der Waals surface area contributed by atoms with Crippen LogP contribution in [-0.2, 0) is 10.3 Å². The first-order chi connectivity index (χ1) is 13.4. The summed E-state index contributed by atoms with van der Waals surface area (Å²) in [5.74, 6) is 0.507. The SMILES string of the molecule is COC(C)(C)c1cccc2cccc(-c3cc4cc(C(C)C)ccc4cn3)c12. The molecule has 0 amide bonds. The van der Waals surface area contributed by atoms with Crippen molar-refractivity contribution in [3.05, 3.63) is 78.0 Å². The summed E-state index contributed by atoms with van der Waals surface area (Å²) in [6, 6.07) is 21.7. The Morgan fingerprint density at radius 1 is 0.857 bits per heavy atom. The molecule has 0 fully saturated rings. The van der Waals surface area contributed by atoms with Crippen molar-refractivity contribution in [1.29, 1.82) is 0 Å². The Kier molecular flexibility index (Phi) is 4.68. The van der Waals surface area contributed by atoms with E-state index in [1.54, 1.807) is 7.11 Å². The third-order valence-electron chi connectivity index (χ3n) is 5.75. The molecule has 142 valence electrons. The van der Waals surface area contributed by atoms with Crippen molar-refractivity contribution in [3.63, 3.8) is 0 Å². The normalized spacial score (nSPS) is 12.2. The van der Waals surface area contributed by atoms with Gasteiger partial charge in [0.05, 0.1) is 11.3 Å². The Labute approximate surface area is 167 Å². The molecule has 0 spiro atoms. The summed E-state index contributed by atoms with van der Waals surface area (Å²) in [4.78, 5) is 4.81. The molecule has 4 aromatic rings. The van der Waals surface area contributed by atoms with Gasteiger partial charge in [0.25, 0.3) is 0 Å². The number of methoxy groups -OCH3 is 1. The fourth-order valence-electron chi connectivity index (χ4n) is 3.83. The second kappa shape index (κ2) is 7.03. The molecular formula is C26H27NO. The molecule has 2 heteroatoms. The number of aromatic nitrogens is 1. The van der Waals surface area contributed by atoms with Crippen molar-refractivity contribution < 1.29 is 4.74 Å². The maximum absolute atomic E-state index is 5.81. The van der Waals surface area contributed by atoms with Gasteiger partial charge < -0.3 is 4.74 Å². The number of ether oxygens (including phenoxy) is 1. The van der Waals surface area contributed by atoms with Gasteiger partial charge in [-0.2, -0.15) is 0 Å². The van der Waals surface area contributed by atoms with Gasteiger partial charge in [-0.15, -0.1) is 0 Å². The van der Waals surface area contributed by atoms with Crippen LogP contribution in [0.1, 0.15) is 44.7 Å². The monoisotopic (exact) mass is 369 g/mol. The van der Waals surface area contributed by atoms with E-state index < -0.39 is 0 Å². The predicted molar refractivity (Wildman–Crippen MR) is 119 cm³/mol. The van der Waals surface area contributed by atoms with Crippen molar-refractivity contribution >= 4 is 21.5 Å². The lowest BCUT2D eigenvalue weighted by Crippen LogP contribution is -2.20. The largest absolute Gasteiger partial charge is 0.374 e. The summed E-state index contributed by atoms with van der Waals surface area (Å²) >= 11 is 0. The topological polar surface area (TPSA) is 22.1 Å². The lowest BCUT2D eigenvalue weighted by molar-refractivity contribution is 0.0205. The van der Waals surface area contributed by atoms with Crippen molar-refractivity contribution in [2.45, 2.75) is 39.2 Å². The highest BCUT2D eigenvalue weighted by Gasteiger charge is 2.23. The van der Waals surface area contributed by atoms with Crippen LogP contribution in [0.3, 0.4) is 0 Å². The lowest BCUT2D eigenvalue weighted by atomic mass is 9.88. The number of rotatable bonds is 4. The van der Waals surface area contributed by atoms with Crippen molar-refractivity contribution in [2.24, 2.45) is 0 Å². The van der Waals surface area contributed by atoms with Crippen LogP contribution in [0.4, 0.5) is 0 Å². The number of hydrogen-bond donors (Lipinski definition) is 0. The number of benzene rings is 3. The molecule has 0 bridgehead atoms. The molecule has 0 N–H and O–H groups in total. The van der Waals surface area contributed by atoms with E-state index >= 15 is 0 Å². The third kappa shape index (κ3) is 3.18. The zero-order valence-corrected chi connectivity index (χ0v) is 17.3. The van der Waals surface area contributed by atoms with Crippen molar-refractivity contribution in [3.8, 4) is 11.3 Å². The number of nitrogens with zero attached hydrogens (tertiary/aromatic N) is 1. The maximum atomic E-state index is 5.81. The molecule has 2 nitrogen and oxygen atoms in total. The van der Waals surface area contributed by atoms with Crippen molar-refractivity contribution in [1.82, 2.24) is 4.98 Å². The van der Waals surface area contributed by atoms with Crippen LogP contribution in [0.25, 0.3) is 32.8 Å². The van der Waals surface area contributed by atoms with E-state index in [1.165, 1.54) is 32.7 Å². The average molecular weight is 370 g/mol. The van der Waals surface area contributed by atoms with E-state index in [1.807, 2.05) is 6.20 Å². The molecule has 0 saturated heterocycles. The summed E-state index contributed by atoms with van der Waals surface area (Å²) in [5, 5.41) is 4.82. The predicted octanol–water partition coefficient (Wildman–Crippen LogP) is 7.06. The van der Waals surface area contributed by atoms with Gasteiger partial charge in [0.1, 0.15) is 0 Å². The minimum absolute atomic E-state index is 0.378. The Morgan fingerprint density at radius 3 is 2.32 bits per heavy atom. The van der Waals surface area contributed by atoms with Gasteiger partial charge in [0.15, 0.2) is 0 Å². The fraction of sp³-hybridized carbons (Fsp3) is 0.269. The molecule has 0 unspecified atom stereocenters. The first kappa shape index (κ1) is 18.6. The Bertz CT molecular complexity index is 1150. The highest BCUT2D eigenvalue weighted by molar-refractivity contribution is 6.00. The molecule has 3 aromatic carbocycles. The summed E-state index contributed by atoms with van der Waals surface area (Å²) in [5.41, 5.74) is 4.30. The molecule has 0 aliphatic heterocycles. The highest BCUT2D eigenvalue weighted by Crippen LogP contribution is 2.37. The van der Waals surface area contributed by atoms with Crippen LogP contribution in [0, 0.1) is 0 Å². The van der Waals surface area contributed by atoms with Crippen molar-refractivity contribution in [2.75, 3.05) is 7.11 Å². The van der Waals surface area contributed by atoms with E-state index in [4.69, 9.17) is 9.72 Å². The lowest BCUT2D eigenvalue weighted by Gasteiger charge is -2.26. The van der Waals surface area contributed by atoms with Gasteiger partial charge >= 0.3 is 0 Å². The zero-order valence-electron chi connectivity index (χ0n) is 17.3. The van der Waals surface area contributed by atoms with E-state index in [-0.39, 0.29) is 5.60 Å². The van der Waals surface area contributed by atoms with Gasteiger partial charge in [-0.1, -0.05) is 68.4 Å². The third-order valence-corrected chi connectivity index (χ3v) is 5.75. The number of hydrogen-bond acceptors (Lipinski definition) is 2. The van der Waals surface area contributed by atoms with Gasteiger partial charge in [-0.05, 0) is 53.1 Å². The van der Waals surface area contributed by atoms with Crippen LogP contribution in [0.15, 0.2) is 66.9 Å². The Morgan fingerprint density at radius 2 is 1.61 bits per heavy atom. The van der Waals surface area contributed by atoms with E-state index in [0.29, 0.717) is 5.92 Å². The van der Waals surface area contributed by atoms with Crippen LogP contribution < -0.4 is 0 Å². The van der Waals surface area contributed by atoms with Crippen LogP contribution >= 0.6 is 0 Å². The zero-order chi connectivity index (χ0) is 19.9. The molecule has 4 rings (SSSR count). The number of fused-ring (bicyclic) bond motifs is 2. The minimum atomic E-state index is -0.378. The molecule has 1 aromatic heterocycles. The summed E-state index contributed by atoms with van der Waals surface area (Å²) in [6.07, 6.45) is 1.98. The first-order valence-corrected chi connectivity index (χ1v) is 9.88. The molecule has 0 aliphatic rings. The first-order valence-electron chi connectivity index (χ1n) is 9.88. The van der Waals surface area contributed by atoms with Gasteiger partial charge in [0.2, 0.25) is 0 Å². The smallest absolute Gasteiger partial charge is 0.0877 e. The molecule has 0 aliphatic carbocycles. The van der Waals surface area contributed by atoms with Gasteiger partial charge in [0, 0.05) is 24.3 Å². The van der Waals surface area contributed by atoms with Gasteiger partial charge in [-0.3, -0.25) is 4.98 Å². The van der Waals surface area contributed by atoms with E-state index in [9.17, 15) is 0 Å². The molecular weight excluding hydrogens is 342 g/mol. The molecule has 28 heavy (non-hydrogen) atoms. The molecule has 0 radical (unpaired) electrons. The maximum Gasteiger partial charge on any atom is 0.0877 e. The second-order valence-electron chi connectivity index (χ2n) is 8.25. The molecule has 0 saturated carbocycles. The standard InChI is InChI=1S/C26H27NO/c1-17(2)19-12-13-20-16-27-24(15-21(20)14-19)22-10-6-8-18-9-7-11-23(25(18)22)26(3,4)28-5/h6-17H,1-5H3. The highest BCUT2D eigenvalue weighted by atomic mass is 16.5. The summed E-state index contributed by atoms with van der Waals surface area (Å²) in [7, 11) is 1.77. The van der Waals surface area contributed by atoms with E-state index in [2.05, 4.69) is 88.4 Å². The van der Waals surface area contributed by atoms with Crippen LogP contribution in [0.2, 0.25) is 0 Å². The quantitative estimate of drug-likeness (QED) is 0.384. The van der Waals surface area contributed by atoms with Gasteiger partial charge in [-0.25, -0.2) is 0 Å². The molecule has 0 atom stereocenters. The van der Waals surface area contributed by atoms with Crippen LogP contribution in [-0.4, -0.2) is 12.1 Å². The Balaban J connectivity index is 1.99. The summed E-state index contributed by atoms with van der Waals surface area (Å²) in [6.45, 7) is 8.68. The summed E-state index contributed by atoms with van der Waals surface area (Å²) < 4.78 is 5.81. The average Bonchev–Trinajstić information content (AvgIpc) is 2.72. The number of pyridine rings is 1. The second-order valence-corrected chi connectivity index (χ2v) is 8.25. The van der Waals surface area contributed by atoms with Crippen LogP contribution in [0.5, 0.6) is 0 Å².